The average Bonchev–Trinajstić information content (AvgIpc) is 3.03. The molecule has 0 spiro atoms. The molecule has 1 aliphatic carbocycles. The van der Waals surface area contributed by atoms with Crippen LogP contribution in [0.4, 0.5) is 5.69 Å². The molecule has 0 saturated heterocycles. The first-order valence-corrected chi connectivity index (χ1v) is 22.5. The quantitative estimate of drug-likeness (QED) is 0.129. The molecule has 10 nitrogen and oxygen atoms in total. The lowest BCUT2D eigenvalue weighted by Crippen LogP contribution is -2.43. The normalized spacial score (nSPS) is 20.9. The molecule has 1 fully saturated rings. The molecule has 4 rings (SSSR count). The molecule has 6 N–H and O–H groups in total. The van der Waals surface area contributed by atoms with Crippen molar-refractivity contribution < 1.29 is 32.6 Å². The van der Waals surface area contributed by atoms with Gasteiger partial charge >= 0.3 is 5.97 Å². The van der Waals surface area contributed by atoms with Crippen molar-refractivity contribution in [1.29, 1.82) is 0 Å². The largest absolute Gasteiger partial charge is 0.487 e. The fourth-order valence-corrected chi connectivity index (χ4v) is 8.22. The number of halogens is 1. The van der Waals surface area contributed by atoms with E-state index in [-0.39, 0.29) is 34.8 Å². The second-order valence-electron chi connectivity index (χ2n) is 15.5. The highest BCUT2D eigenvalue weighted by Crippen LogP contribution is 2.41. The van der Waals surface area contributed by atoms with E-state index in [4.69, 9.17) is 31.6 Å². The van der Waals surface area contributed by atoms with Crippen LogP contribution in [0.1, 0.15) is 80.8 Å². The van der Waals surface area contributed by atoms with Crippen molar-refractivity contribution in [2.75, 3.05) is 24.6 Å². The SMILES string of the molecule is CC(C)(C)[Si](C)(C)OCC[C@@H](/C=C/[C@H](O)[C@@H]1CC[C@H]1CN1CCCCc2cc(Cl)ccc2COc2ccc(C(=O)O)cc21)C[C@@H](N)S(N)(=O)=O. The fraction of sp³-hybridized carbons (Fsp3) is 0.595. The van der Waals surface area contributed by atoms with Crippen LogP contribution in [0, 0.1) is 17.8 Å². The zero-order valence-corrected chi connectivity index (χ0v) is 32.7. The highest BCUT2D eigenvalue weighted by atomic mass is 35.5. The number of aliphatic hydroxyl groups excluding tert-OH is 1. The zero-order chi connectivity index (χ0) is 36.9. The minimum Gasteiger partial charge on any atom is -0.487 e. The summed E-state index contributed by atoms with van der Waals surface area (Å²) in [5.41, 5.74) is 9.09. The lowest BCUT2D eigenvalue weighted by Gasteiger charge is -2.42. The van der Waals surface area contributed by atoms with Crippen molar-refractivity contribution in [2.45, 2.75) is 102 Å². The number of carboxylic acid groups (broad SMARTS) is 1. The first-order chi connectivity index (χ1) is 23.4. The molecule has 1 heterocycles. The molecule has 50 heavy (non-hydrogen) atoms. The van der Waals surface area contributed by atoms with Crippen LogP contribution in [-0.4, -0.2) is 64.1 Å². The Morgan fingerprint density at radius 1 is 1.14 bits per heavy atom. The predicted molar refractivity (Wildman–Crippen MR) is 203 cm³/mol. The number of rotatable bonds is 13. The Hall–Kier alpha value is -2.45. The van der Waals surface area contributed by atoms with Crippen LogP contribution in [0.2, 0.25) is 23.2 Å². The van der Waals surface area contributed by atoms with E-state index in [1.165, 1.54) is 0 Å². The Labute approximate surface area is 304 Å². The molecule has 2 aliphatic rings. The summed E-state index contributed by atoms with van der Waals surface area (Å²) in [5.74, 6) is -0.494. The Morgan fingerprint density at radius 3 is 2.52 bits per heavy atom. The maximum Gasteiger partial charge on any atom is 0.335 e. The van der Waals surface area contributed by atoms with Gasteiger partial charge in [-0.2, -0.15) is 0 Å². The lowest BCUT2D eigenvalue weighted by molar-refractivity contribution is 0.0459. The van der Waals surface area contributed by atoms with Crippen LogP contribution in [0.5, 0.6) is 5.75 Å². The number of nitrogens with two attached hydrogens (primary N) is 2. The third-order valence-corrected chi connectivity index (χ3v) is 16.7. The number of hydrogen-bond donors (Lipinski definition) is 4. The molecule has 0 bridgehead atoms. The van der Waals surface area contributed by atoms with Gasteiger partial charge in [-0.1, -0.05) is 50.6 Å². The third kappa shape index (κ3) is 10.8. The van der Waals surface area contributed by atoms with Gasteiger partial charge < -0.3 is 30.0 Å². The third-order valence-electron chi connectivity index (χ3n) is 10.9. The number of aryl methyl sites for hydroxylation is 1. The molecule has 0 amide bonds. The number of ether oxygens (including phenoxy) is 1. The number of aliphatic hydroxyl groups is 1. The smallest absolute Gasteiger partial charge is 0.335 e. The standard InChI is InChI=1S/C37H56ClN3O7SSi/c1-37(2,3)50(4,5)48-19-17-25(20-35(39)49(40,45)46)9-15-33(42)31-14-11-28(31)23-41-18-7-6-8-26-21-30(38)13-10-29(26)24-47-34-16-12-27(36(43)44)22-32(34)41/h9-10,12-13,15-16,21-22,25,28,31,33,35,42H,6-8,11,14,17-20,23-24,39H2,1-5H3,(H,43,44)(H2,40,45,46)/b15-9+/t25-,28+,31-,33+,35+/m1/s1. The minimum atomic E-state index is -3.92. The molecule has 2 aromatic rings. The topological polar surface area (TPSA) is 165 Å². The van der Waals surface area contributed by atoms with E-state index >= 15 is 0 Å². The lowest BCUT2D eigenvalue weighted by atomic mass is 9.70. The van der Waals surface area contributed by atoms with Crippen molar-refractivity contribution in [3.05, 3.63) is 70.3 Å². The van der Waals surface area contributed by atoms with Crippen LogP contribution in [0.15, 0.2) is 48.6 Å². The van der Waals surface area contributed by atoms with Gasteiger partial charge in [0.05, 0.1) is 17.4 Å². The van der Waals surface area contributed by atoms with Crippen LogP contribution in [0.25, 0.3) is 0 Å². The number of primary sulfonamides is 1. The molecule has 5 atom stereocenters. The number of anilines is 1. The van der Waals surface area contributed by atoms with Gasteiger partial charge in [0.15, 0.2) is 8.32 Å². The maximum absolute atomic E-state index is 12.0. The Balaban J connectivity index is 1.50. The number of fused-ring (bicyclic) bond motifs is 2. The summed E-state index contributed by atoms with van der Waals surface area (Å²) in [6.07, 6.45) is 8.02. The van der Waals surface area contributed by atoms with Gasteiger partial charge in [0.2, 0.25) is 10.0 Å². The molecule has 278 valence electrons. The highest BCUT2D eigenvalue weighted by molar-refractivity contribution is 7.89. The highest BCUT2D eigenvalue weighted by Gasteiger charge is 2.38. The Kier molecular flexibility index (Phi) is 13.6. The van der Waals surface area contributed by atoms with Gasteiger partial charge in [-0.15, -0.1) is 0 Å². The summed E-state index contributed by atoms with van der Waals surface area (Å²) < 4.78 is 36.7. The summed E-state index contributed by atoms with van der Waals surface area (Å²) in [5, 5.41) is 26.1. The first kappa shape index (κ1) is 40.3. The van der Waals surface area contributed by atoms with Crippen molar-refractivity contribution in [1.82, 2.24) is 0 Å². The van der Waals surface area contributed by atoms with E-state index < -0.39 is 35.8 Å². The van der Waals surface area contributed by atoms with Crippen molar-refractivity contribution in [3.63, 3.8) is 0 Å². The summed E-state index contributed by atoms with van der Waals surface area (Å²) >= 11 is 6.31. The molecule has 0 aromatic heterocycles. The van der Waals surface area contributed by atoms with Crippen LogP contribution < -0.4 is 20.5 Å². The molecular weight excluding hydrogens is 694 g/mol. The minimum absolute atomic E-state index is 0.0149. The van der Waals surface area contributed by atoms with Gasteiger partial charge in [0.1, 0.15) is 17.7 Å². The van der Waals surface area contributed by atoms with E-state index in [0.717, 1.165) is 48.9 Å². The Bertz CT molecular complexity index is 1610. The number of carbonyl (C=O) groups is 1. The number of aromatic carboxylic acids is 1. The van der Waals surface area contributed by atoms with Crippen LogP contribution in [-0.2, 0) is 27.5 Å². The van der Waals surface area contributed by atoms with Crippen molar-refractivity contribution in [3.8, 4) is 5.75 Å². The van der Waals surface area contributed by atoms with E-state index in [0.29, 0.717) is 43.5 Å². The summed E-state index contributed by atoms with van der Waals surface area (Å²) in [4.78, 5) is 14.2. The maximum atomic E-state index is 12.0. The van der Waals surface area contributed by atoms with Gasteiger partial charge in [-0.25, -0.2) is 18.4 Å². The average molecular weight is 750 g/mol. The zero-order valence-electron chi connectivity index (χ0n) is 30.1. The number of sulfonamides is 1. The van der Waals surface area contributed by atoms with Crippen molar-refractivity contribution in [2.24, 2.45) is 28.6 Å². The van der Waals surface area contributed by atoms with Gasteiger partial charge in [0, 0.05) is 24.7 Å². The summed E-state index contributed by atoms with van der Waals surface area (Å²) in [6.45, 7) is 13.0. The molecular formula is C37H56ClN3O7SSi. The monoisotopic (exact) mass is 749 g/mol. The Morgan fingerprint density at radius 2 is 1.88 bits per heavy atom. The van der Waals surface area contributed by atoms with Crippen LogP contribution >= 0.6 is 11.6 Å². The van der Waals surface area contributed by atoms with Crippen LogP contribution in [0.3, 0.4) is 0 Å². The molecule has 1 aliphatic heterocycles. The van der Waals surface area contributed by atoms with E-state index in [1.807, 2.05) is 24.3 Å². The molecule has 0 radical (unpaired) electrons. The van der Waals surface area contributed by atoms with Gasteiger partial charge in [-0.3, -0.25) is 0 Å². The molecule has 2 aromatic carbocycles. The predicted octanol–water partition coefficient (Wildman–Crippen LogP) is 6.69. The fourth-order valence-electron chi connectivity index (χ4n) is 6.45. The second-order valence-corrected chi connectivity index (χ2v) is 22.5. The number of carboxylic acids is 1. The number of benzene rings is 2. The first-order valence-electron chi connectivity index (χ1n) is 17.7. The summed E-state index contributed by atoms with van der Waals surface area (Å²) in [6, 6.07) is 10.8. The van der Waals surface area contributed by atoms with E-state index in [2.05, 4.69) is 38.8 Å². The molecule has 1 saturated carbocycles. The number of allylic oxidation sites excluding steroid dienone is 1. The van der Waals surface area contributed by atoms with Gasteiger partial charge in [0.25, 0.3) is 0 Å². The van der Waals surface area contributed by atoms with Gasteiger partial charge in [-0.05, 0) is 122 Å². The van der Waals surface area contributed by atoms with Crippen molar-refractivity contribution >= 4 is 41.6 Å². The number of nitrogens with zero attached hydrogens (tertiary/aromatic N) is 1. The van der Waals surface area contributed by atoms with E-state index in [9.17, 15) is 23.4 Å². The molecule has 0 unspecified atom stereocenters. The number of hydrogen-bond acceptors (Lipinski definition) is 8. The summed E-state index contributed by atoms with van der Waals surface area (Å²) in [7, 11) is -5.93. The van der Waals surface area contributed by atoms with E-state index in [1.54, 1.807) is 24.3 Å². The molecule has 13 heteroatoms. The second kappa shape index (κ2) is 16.9.